The zero-order chi connectivity index (χ0) is 18.2. The SMILES string of the molecule is CCCCNC(=O)c1ccccc1NC(=S)NC(=O)c1ccc(Br)o1. The average Bonchev–Trinajstić information content (AvgIpc) is 3.02. The number of hydrogen-bond donors (Lipinski definition) is 3. The Labute approximate surface area is 159 Å². The number of benzene rings is 1. The first-order chi connectivity index (χ1) is 12.0. The summed E-state index contributed by atoms with van der Waals surface area (Å²) in [6, 6.07) is 10.1. The van der Waals surface area contributed by atoms with Gasteiger partial charge in [-0.05, 0) is 58.8 Å². The highest BCUT2D eigenvalue weighted by Gasteiger charge is 2.15. The maximum absolute atomic E-state index is 12.3. The van der Waals surface area contributed by atoms with E-state index >= 15 is 0 Å². The maximum Gasteiger partial charge on any atom is 0.293 e. The lowest BCUT2D eigenvalue weighted by molar-refractivity contribution is 0.0944. The molecule has 0 saturated carbocycles. The van der Waals surface area contributed by atoms with Crippen LogP contribution in [0.25, 0.3) is 0 Å². The number of rotatable bonds is 6. The lowest BCUT2D eigenvalue weighted by Gasteiger charge is -2.13. The number of hydrogen-bond acceptors (Lipinski definition) is 4. The van der Waals surface area contributed by atoms with Gasteiger partial charge in [-0.1, -0.05) is 25.5 Å². The molecule has 8 heteroatoms. The van der Waals surface area contributed by atoms with Gasteiger partial charge in [0.25, 0.3) is 11.8 Å². The van der Waals surface area contributed by atoms with E-state index in [-0.39, 0.29) is 16.8 Å². The van der Waals surface area contributed by atoms with Crippen molar-refractivity contribution in [1.82, 2.24) is 10.6 Å². The second kappa shape index (κ2) is 9.33. The fourth-order valence-corrected chi connectivity index (χ4v) is 2.53. The van der Waals surface area contributed by atoms with Gasteiger partial charge in [-0.15, -0.1) is 0 Å². The molecule has 1 aromatic heterocycles. The van der Waals surface area contributed by atoms with E-state index in [1.165, 1.54) is 6.07 Å². The van der Waals surface area contributed by atoms with Crippen molar-refractivity contribution in [3.63, 3.8) is 0 Å². The van der Waals surface area contributed by atoms with E-state index in [4.69, 9.17) is 16.6 Å². The Balaban J connectivity index is 2.00. The summed E-state index contributed by atoms with van der Waals surface area (Å²) in [6.07, 6.45) is 1.91. The minimum Gasteiger partial charge on any atom is -0.444 e. The zero-order valence-electron chi connectivity index (χ0n) is 13.6. The van der Waals surface area contributed by atoms with E-state index in [0.717, 1.165) is 12.8 Å². The first-order valence-corrected chi connectivity index (χ1v) is 8.96. The van der Waals surface area contributed by atoms with Gasteiger partial charge >= 0.3 is 0 Å². The number of halogens is 1. The molecule has 3 N–H and O–H groups in total. The minimum atomic E-state index is -0.479. The average molecular weight is 424 g/mol. The summed E-state index contributed by atoms with van der Waals surface area (Å²) in [7, 11) is 0. The second-order valence-electron chi connectivity index (χ2n) is 5.17. The highest BCUT2D eigenvalue weighted by atomic mass is 79.9. The Morgan fingerprint density at radius 2 is 1.92 bits per heavy atom. The third-order valence-corrected chi connectivity index (χ3v) is 3.89. The lowest BCUT2D eigenvalue weighted by atomic mass is 10.1. The van der Waals surface area contributed by atoms with Crippen LogP contribution < -0.4 is 16.0 Å². The number of anilines is 1. The molecule has 0 aliphatic heterocycles. The normalized spacial score (nSPS) is 10.2. The van der Waals surface area contributed by atoms with Gasteiger partial charge in [0.15, 0.2) is 15.5 Å². The molecule has 0 spiro atoms. The van der Waals surface area contributed by atoms with Gasteiger partial charge in [-0.3, -0.25) is 14.9 Å². The molecule has 6 nitrogen and oxygen atoms in total. The van der Waals surface area contributed by atoms with E-state index in [9.17, 15) is 9.59 Å². The Morgan fingerprint density at radius 3 is 2.60 bits per heavy atom. The van der Waals surface area contributed by atoms with Gasteiger partial charge < -0.3 is 15.1 Å². The van der Waals surface area contributed by atoms with E-state index in [2.05, 4.69) is 38.8 Å². The molecule has 0 saturated heterocycles. The largest absolute Gasteiger partial charge is 0.444 e. The van der Waals surface area contributed by atoms with Crippen LogP contribution in [0.1, 0.15) is 40.7 Å². The summed E-state index contributed by atoms with van der Waals surface area (Å²) >= 11 is 8.28. The van der Waals surface area contributed by atoms with E-state index in [1.807, 2.05) is 0 Å². The van der Waals surface area contributed by atoms with Gasteiger partial charge in [0, 0.05) is 6.54 Å². The van der Waals surface area contributed by atoms with E-state index in [1.54, 1.807) is 30.3 Å². The van der Waals surface area contributed by atoms with E-state index < -0.39 is 5.91 Å². The molecule has 1 heterocycles. The summed E-state index contributed by atoms with van der Waals surface area (Å²) in [4.78, 5) is 24.3. The molecule has 2 rings (SSSR count). The molecule has 0 bridgehead atoms. The van der Waals surface area contributed by atoms with Gasteiger partial charge in [0.05, 0.1) is 11.3 Å². The smallest absolute Gasteiger partial charge is 0.293 e. The van der Waals surface area contributed by atoms with Crippen LogP contribution >= 0.6 is 28.1 Å². The number of para-hydroxylation sites is 1. The highest BCUT2D eigenvalue weighted by Crippen LogP contribution is 2.16. The zero-order valence-corrected chi connectivity index (χ0v) is 16.0. The molecule has 0 fully saturated rings. The molecule has 0 unspecified atom stereocenters. The van der Waals surface area contributed by atoms with Gasteiger partial charge in [-0.2, -0.15) is 0 Å². The van der Waals surface area contributed by atoms with Crippen molar-refractivity contribution in [3.8, 4) is 0 Å². The number of carbonyl (C=O) groups is 2. The van der Waals surface area contributed by atoms with Crippen LogP contribution in [0.3, 0.4) is 0 Å². The summed E-state index contributed by atoms with van der Waals surface area (Å²) in [5, 5.41) is 8.31. The highest BCUT2D eigenvalue weighted by molar-refractivity contribution is 9.10. The predicted octanol–water partition coefficient (Wildman–Crippen LogP) is 3.70. The monoisotopic (exact) mass is 423 g/mol. The standard InChI is InChI=1S/C17H18BrN3O3S/c1-2-3-10-19-15(22)11-6-4-5-7-12(11)20-17(25)21-16(23)13-8-9-14(18)24-13/h4-9H,2-3,10H2,1H3,(H,19,22)(H2,20,21,23,25). The van der Waals surface area contributed by atoms with Crippen LogP contribution in [-0.2, 0) is 0 Å². The number of furan rings is 1. The number of nitrogens with one attached hydrogen (secondary N) is 3. The number of unbranched alkanes of at least 4 members (excludes halogenated alkanes) is 1. The molecule has 0 atom stereocenters. The van der Waals surface area contributed by atoms with Crippen LogP contribution in [0, 0.1) is 0 Å². The first-order valence-electron chi connectivity index (χ1n) is 7.76. The Morgan fingerprint density at radius 1 is 1.16 bits per heavy atom. The molecule has 2 aromatic rings. The van der Waals surface area contributed by atoms with Crippen LogP contribution in [0.4, 0.5) is 5.69 Å². The third-order valence-electron chi connectivity index (χ3n) is 3.26. The van der Waals surface area contributed by atoms with Crippen molar-refractivity contribution in [1.29, 1.82) is 0 Å². The number of amides is 2. The number of carbonyl (C=O) groups excluding carboxylic acids is 2. The molecule has 1 aromatic carbocycles. The van der Waals surface area contributed by atoms with Crippen molar-refractivity contribution in [2.75, 3.05) is 11.9 Å². The topological polar surface area (TPSA) is 83.4 Å². The minimum absolute atomic E-state index is 0.0753. The summed E-state index contributed by atoms with van der Waals surface area (Å²) in [5.41, 5.74) is 0.971. The third kappa shape index (κ3) is 5.68. The molecule has 132 valence electrons. The van der Waals surface area contributed by atoms with Crippen LogP contribution in [-0.4, -0.2) is 23.5 Å². The Hall–Kier alpha value is -2.19. The second-order valence-corrected chi connectivity index (χ2v) is 6.36. The van der Waals surface area contributed by atoms with Crippen LogP contribution in [0.15, 0.2) is 45.5 Å². The maximum atomic E-state index is 12.3. The Kier molecular flexibility index (Phi) is 7.15. The fourth-order valence-electron chi connectivity index (χ4n) is 2.02. The number of thiocarbonyl (C=S) groups is 1. The van der Waals surface area contributed by atoms with Crippen molar-refractivity contribution in [2.45, 2.75) is 19.8 Å². The molecular weight excluding hydrogens is 406 g/mol. The van der Waals surface area contributed by atoms with Crippen LogP contribution in [0.2, 0.25) is 0 Å². The van der Waals surface area contributed by atoms with E-state index in [0.29, 0.717) is 22.5 Å². The molecular formula is C17H18BrN3O3S. The quantitative estimate of drug-likeness (QED) is 0.487. The fraction of sp³-hybridized carbons (Fsp3) is 0.235. The summed E-state index contributed by atoms with van der Waals surface area (Å²) < 4.78 is 5.62. The lowest BCUT2D eigenvalue weighted by Crippen LogP contribution is -2.34. The van der Waals surface area contributed by atoms with Gasteiger partial charge in [0.1, 0.15) is 0 Å². The first kappa shape index (κ1) is 19.1. The van der Waals surface area contributed by atoms with Gasteiger partial charge in [0.2, 0.25) is 0 Å². The van der Waals surface area contributed by atoms with Crippen molar-refractivity contribution >= 4 is 50.8 Å². The van der Waals surface area contributed by atoms with Crippen molar-refractivity contribution < 1.29 is 14.0 Å². The van der Waals surface area contributed by atoms with Gasteiger partial charge in [-0.25, -0.2) is 0 Å². The molecule has 25 heavy (non-hydrogen) atoms. The van der Waals surface area contributed by atoms with Crippen LogP contribution in [0.5, 0.6) is 0 Å². The summed E-state index contributed by atoms with van der Waals surface area (Å²) in [6.45, 7) is 2.67. The molecule has 2 amide bonds. The van der Waals surface area contributed by atoms with Crippen molar-refractivity contribution in [3.05, 3.63) is 52.4 Å². The molecule has 0 aliphatic carbocycles. The molecule has 0 radical (unpaired) electrons. The summed E-state index contributed by atoms with van der Waals surface area (Å²) in [5.74, 6) is -0.546. The predicted molar refractivity (Wildman–Crippen MR) is 104 cm³/mol. The Bertz CT molecular complexity index is 776. The van der Waals surface area contributed by atoms with Crippen molar-refractivity contribution in [2.24, 2.45) is 0 Å². The molecule has 0 aliphatic rings.